The van der Waals surface area contributed by atoms with Gasteiger partial charge in [-0.25, -0.2) is 0 Å². The highest BCUT2D eigenvalue weighted by Gasteiger charge is 1.94. The van der Waals surface area contributed by atoms with Crippen molar-refractivity contribution in [2.45, 2.75) is 20.3 Å². The number of hydrogen-bond donors (Lipinski definition) is 1. The van der Waals surface area contributed by atoms with Crippen LogP contribution in [0, 0.1) is 11.8 Å². The topological polar surface area (TPSA) is 65.3 Å². The van der Waals surface area contributed by atoms with Gasteiger partial charge in [-0.2, -0.15) is 0 Å². The summed E-state index contributed by atoms with van der Waals surface area (Å²) in [7, 11) is 0. The standard InChI is InChI=1S/C14H17N3O2/c1-3-17(4-2)16-15-13-10-8-12(9-11-13)6-5-7-14(18)19/h8-11H,3-4,7H2,1-2H3,(H,18,19)/b16-15+. The van der Waals surface area contributed by atoms with E-state index in [1.165, 1.54) is 0 Å². The van der Waals surface area contributed by atoms with Gasteiger partial charge in [0.2, 0.25) is 0 Å². The highest BCUT2D eigenvalue weighted by molar-refractivity contribution is 5.70. The zero-order valence-electron chi connectivity index (χ0n) is 11.1. The van der Waals surface area contributed by atoms with Gasteiger partial charge in [-0.05, 0) is 38.1 Å². The van der Waals surface area contributed by atoms with Crippen LogP contribution in [0.1, 0.15) is 25.8 Å². The van der Waals surface area contributed by atoms with Crippen LogP contribution in [0.2, 0.25) is 0 Å². The van der Waals surface area contributed by atoms with E-state index >= 15 is 0 Å². The molecule has 19 heavy (non-hydrogen) atoms. The van der Waals surface area contributed by atoms with Gasteiger partial charge >= 0.3 is 5.97 Å². The molecule has 0 atom stereocenters. The first-order valence-corrected chi connectivity index (χ1v) is 6.13. The van der Waals surface area contributed by atoms with Gasteiger partial charge in [-0.3, -0.25) is 9.80 Å². The number of rotatable bonds is 5. The molecule has 1 aromatic carbocycles. The molecule has 0 fully saturated rings. The maximum absolute atomic E-state index is 10.3. The van der Waals surface area contributed by atoms with E-state index in [9.17, 15) is 4.79 Å². The van der Waals surface area contributed by atoms with E-state index in [2.05, 4.69) is 22.2 Å². The van der Waals surface area contributed by atoms with Gasteiger partial charge in [-0.15, -0.1) is 5.11 Å². The quantitative estimate of drug-likeness (QED) is 0.502. The summed E-state index contributed by atoms with van der Waals surface area (Å²) in [4.78, 5) is 10.3. The Hall–Kier alpha value is -2.35. The van der Waals surface area contributed by atoms with Crippen LogP contribution < -0.4 is 0 Å². The van der Waals surface area contributed by atoms with Crippen molar-refractivity contribution in [3.05, 3.63) is 29.8 Å². The Morgan fingerprint density at radius 2 is 1.89 bits per heavy atom. The van der Waals surface area contributed by atoms with Crippen LogP contribution in [0.3, 0.4) is 0 Å². The summed E-state index contributed by atoms with van der Waals surface area (Å²) in [6.45, 7) is 5.67. The van der Waals surface area contributed by atoms with E-state index in [0.717, 1.165) is 24.3 Å². The molecule has 5 heteroatoms. The zero-order valence-corrected chi connectivity index (χ0v) is 11.1. The Kier molecular flexibility index (Phi) is 6.10. The zero-order chi connectivity index (χ0) is 14.1. The molecule has 0 aliphatic heterocycles. The molecule has 1 aromatic rings. The highest BCUT2D eigenvalue weighted by atomic mass is 16.4. The molecule has 0 aliphatic rings. The van der Waals surface area contributed by atoms with E-state index in [-0.39, 0.29) is 6.42 Å². The van der Waals surface area contributed by atoms with Crippen LogP contribution in [-0.2, 0) is 4.79 Å². The summed E-state index contributed by atoms with van der Waals surface area (Å²) < 4.78 is 0. The monoisotopic (exact) mass is 259 g/mol. The van der Waals surface area contributed by atoms with Crippen molar-refractivity contribution in [3.8, 4) is 11.8 Å². The highest BCUT2D eigenvalue weighted by Crippen LogP contribution is 2.13. The summed E-state index contributed by atoms with van der Waals surface area (Å²) in [5.41, 5.74) is 1.51. The maximum atomic E-state index is 10.3. The van der Waals surface area contributed by atoms with Gasteiger partial charge in [-0.1, -0.05) is 17.1 Å². The average molecular weight is 259 g/mol. The van der Waals surface area contributed by atoms with E-state index in [0.29, 0.717) is 0 Å². The summed E-state index contributed by atoms with van der Waals surface area (Å²) in [6.07, 6.45) is -0.149. The van der Waals surface area contributed by atoms with E-state index < -0.39 is 5.97 Å². The molecular formula is C14H17N3O2. The Morgan fingerprint density at radius 3 is 2.42 bits per heavy atom. The Morgan fingerprint density at radius 1 is 1.26 bits per heavy atom. The molecule has 0 spiro atoms. The largest absolute Gasteiger partial charge is 0.481 e. The molecule has 5 nitrogen and oxygen atoms in total. The summed E-state index contributed by atoms with van der Waals surface area (Å²) >= 11 is 0. The lowest BCUT2D eigenvalue weighted by atomic mass is 10.2. The minimum atomic E-state index is -0.919. The molecule has 0 saturated carbocycles. The fourth-order valence-electron chi connectivity index (χ4n) is 1.30. The average Bonchev–Trinajstić information content (AvgIpc) is 2.41. The van der Waals surface area contributed by atoms with Crippen molar-refractivity contribution >= 4 is 11.7 Å². The van der Waals surface area contributed by atoms with E-state index in [1.54, 1.807) is 24.3 Å². The molecule has 0 radical (unpaired) electrons. The summed E-state index contributed by atoms with van der Waals surface area (Å²) in [5.74, 6) is 4.43. The van der Waals surface area contributed by atoms with E-state index in [4.69, 9.17) is 5.11 Å². The van der Waals surface area contributed by atoms with Crippen molar-refractivity contribution in [1.29, 1.82) is 0 Å². The molecule has 0 aromatic heterocycles. The minimum Gasteiger partial charge on any atom is -0.481 e. The number of carboxylic acids is 1. The Labute approximate surface area is 112 Å². The van der Waals surface area contributed by atoms with Crippen LogP contribution in [0.5, 0.6) is 0 Å². The van der Waals surface area contributed by atoms with Crippen LogP contribution in [0.15, 0.2) is 34.6 Å². The molecular weight excluding hydrogens is 242 g/mol. The second-order valence-corrected chi connectivity index (χ2v) is 3.75. The second-order valence-electron chi connectivity index (χ2n) is 3.75. The Bertz CT molecular complexity index is 494. The smallest absolute Gasteiger partial charge is 0.315 e. The minimum absolute atomic E-state index is 0.149. The van der Waals surface area contributed by atoms with Crippen molar-refractivity contribution in [1.82, 2.24) is 5.01 Å². The first-order valence-electron chi connectivity index (χ1n) is 6.13. The molecule has 0 aliphatic carbocycles. The molecule has 1 N–H and O–H groups in total. The predicted octanol–water partition coefficient (Wildman–Crippen LogP) is 2.85. The number of aliphatic carboxylic acids is 1. The third-order valence-electron chi connectivity index (χ3n) is 2.36. The third kappa shape index (κ3) is 5.68. The maximum Gasteiger partial charge on any atom is 0.315 e. The molecule has 0 unspecified atom stereocenters. The Balaban J connectivity index is 2.65. The third-order valence-corrected chi connectivity index (χ3v) is 2.36. The lowest BCUT2D eigenvalue weighted by Crippen LogP contribution is -2.14. The lowest BCUT2D eigenvalue weighted by molar-refractivity contribution is -0.135. The van der Waals surface area contributed by atoms with Gasteiger partial charge in [0.05, 0.1) is 5.69 Å². The van der Waals surface area contributed by atoms with Crippen molar-refractivity contribution < 1.29 is 9.90 Å². The fourth-order valence-corrected chi connectivity index (χ4v) is 1.30. The molecule has 0 heterocycles. The summed E-state index contributed by atoms with van der Waals surface area (Å²) in [6, 6.07) is 7.20. The molecule has 0 bridgehead atoms. The van der Waals surface area contributed by atoms with Gasteiger partial charge in [0.1, 0.15) is 6.42 Å². The second kappa shape index (κ2) is 7.88. The van der Waals surface area contributed by atoms with Crippen molar-refractivity contribution in [2.24, 2.45) is 10.3 Å². The van der Waals surface area contributed by atoms with Gasteiger partial charge in [0.25, 0.3) is 0 Å². The van der Waals surface area contributed by atoms with Gasteiger partial charge in [0.15, 0.2) is 0 Å². The molecule has 0 saturated heterocycles. The SMILES string of the molecule is CCN(CC)/N=N/c1ccc(C#CCC(=O)O)cc1. The van der Waals surface area contributed by atoms with Gasteiger partial charge < -0.3 is 5.11 Å². The number of carboxylic acid groups (broad SMARTS) is 1. The van der Waals surface area contributed by atoms with Crippen LogP contribution >= 0.6 is 0 Å². The number of nitrogens with zero attached hydrogens (tertiary/aromatic N) is 3. The normalized spacial score (nSPS) is 10.0. The lowest BCUT2D eigenvalue weighted by Gasteiger charge is -2.10. The van der Waals surface area contributed by atoms with Crippen LogP contribution in [0.25, 0.3) is 0 Å². The molecule has 100 valence electrons. The number of hydrogen-bond acceptors (Lipinski definition) is 3. The molecule has 1 rings (SSSR count). The summed E-state index contributed by atoms with van der Waals surface area (Å²) in [5, 5.41) is 18.5. The number of carbonyl (C=O) groups is 1. The fraction of sp³-hybridized carbons (Fsp3) is 0.357. The van der Waals surface area contributed by atoms with Crippen molar-refractivity contribution in [2.75, 3.05) is 13.1 Å². The first kappa shape index (κ1) is 14.7. The van der Waals surface area contributed by atoms with Crippen molar-refractivity contribution in [3.63, 3.8) is 0 Å². The number of benzene rings is 1. The van der Waals surface area contributed by atoms with E-state index in [1.807, 2.05) is 18.9 Å². The first-order chi connectivity index (χ1) is 9.15. The van der Waals surface area contributed by atoms with Crippen LogP contribution in [-0.4, -0.2) is 29.2 Å². The van der Waals surface area contributed by atoms with Crippen LogP contribution in [0.4, 0.5) is 5.69 Å². The predicted molar refractivity (Wildman–Crippen MR) is 73.0 cm³/mol. The molecule has 0 amide bonds. The van der Waals surface area contributed by atoms with Gasteiger partial charge in [0, 0.05) is 18.7 Å².